The Morgan fingerprint density at radius 1 is 0.727 bits per heavy atom. The van der Waals surface area contributed by atoms with Crippen LogP contribution in [0.15, 0.2) is 48.5 Å². The molecule has 0 saturated heterocycles. The molecule has 2 nitrogen and oxygen atoms in total. The second-order valence-electron chi connectivity index (χ2n) is 6.10. The van der Waals surface area contributed by atoms with Gasteiger partial charge < -0.3 is 9.47 Å². The molecule has 0 unspecified atom stereocenters. The largest absolute Gasteiger partial charge is 0.497 e. The first-order valence-corrected chi connectivity index (χ1v) is 8.07. The number of hydrogen-bond donors (Lipinski definition) is 0. The summed E-state index contributed by atoms with van der Waals surface area (Å²) in [6, 6.07) is 17.2. The lowest BCUT2D eigenvalue weighted by Crippen LogP contribution is -2.30. The number of methoxy groups -OCH3 is 2. The van der Waals surface area contributed by atoms with Gasteiger partial charge in [0, 0.05) is 5.41 Å². The normalized spacial score (nSPS) is 17.0. The fourth-order valence-corrected chi connectivity index (χ4v) is 3.73. The van der Waals surface area contributed by atoms with Crippen molar-refractivity contribution >= 4 is 0 Å². The third kappa shape index (κ3) is 2.70. The lowest BCUT2D eigenvalue weighted by atomic mass is 9.65. The zero-order valence-electron chi connectivity index (χ0n) is 13.5. The highest BCUT2D eigenvalue weighted by atomic mass is 16.5. The smallest absolute Gasteiger partial charge is 0.119 e. The minimum Gasteiger partial charge on any atom is -0.497 e. The van der Waals surface area contributed by atoms with Gasteiger partial charge in [0.15, 0.2) is 0 Å². The second kappa shape index (κ2) is 6.43. The Balaban J connectivity index is 2.06. The summed E-state index contributed by atoms with van der Waals surface area (Å²) in [5.74, 6) is 1.86. The summed E-state index contributed by atoms with van der Waals surface area (Å²) in [4.78, 5) is 0. The summed E-state index contributed by atoms with van der Waals surface area (Å²) < 4.78 is 10.8. The van der Waals surface area contributed by atoms with Crippen molar-refractivity contribution in [3.8, 4) is 11.5 Å². The summed E-state index contributed by atoms with van der Waals surface area (Å²) in [6.45, 7) is 0. The van der Waals surface area contributed by atoms with E-state index in [4.69, 9.17) is 9.47 Å². The topological polar surface area (TPSA) is 18.5 Å². The van der Waals surface area contributed by atoms with E-state index in [-0.39, 0.29) is 5.41 Å². The van der Waals surface area contributed by atoms with E-state index in [0.29, 0.717) is 0 Å². The molecule has 22 heavy (non-hydrogen) atoms. The average Bonchev–Trinajstić information content (AvgIpc) is 2.62. The molecule has 2 aromatic rings. The van der Waals surface area contributed by atoms with E-state index in [9.17, 15) is 0 Å². The minimum atomic E-state index is 0.110. The Kier molecular flexibility index (Phi) is 4.37. The van der Waals surface area contributed by atoms with Crippen molar-refractivity contribution in [2.75, 3.05) is 14.2 Å². The summed E-state index contributed by atoms with van der Waals surface area (Å²) >= 11 is 0. The molecule has 0 aliphatic heterocycles. The first-order chi connectivity index (χ1) is 10.8. The molecular formula is C20H24O2. The average molecular weight is 296 g/mol. The summed E-state index contributed by atoms with van der Waals surface area (Å²) in [7, 11) is 3.45. The quantitative estimate of drug-likeness (QED) is 0.794. The maximum absolute atomic E-state index is 5.44. The molecule has 1 saturated carbocycles. The van der Waals surface area contributed by atoms with Gasteiger partial charge in [-0.05, 0) is 48.2 Å². The van der Waals surface area contributed by atoms with Crippen LogP contribution in [0.1, 0.15) is 43.2 Å². The van der Waals surface area contributed by atoms with Gasteiger partial charge in [0.25, 0.3) is 0 Å². The van der Waals surface area contributed by atoms with Gasteiger partial charge in [0.1, 0.15) is 11.5 Å². The molecular weight excluding hydrogens is 272 g/mol. The molecule has 0 bridgehead atoms. The molecule has 3 rings (SSSR count). The lowest BCUT2D eigenvalue weighted by molar-refractivity contribution is 0.343. The van der Waals surface area contributed by atoms with Crippen LogP contribution in [0.3, 0.4) is 0 Å². The van der Waals surface area contributed by atoms with E-state index in [1.165, 1.54) is 43.2 Å². The molecule has 0 radical (unpaired) electrons. The van der Waals surface area contributed by atoms with Gasteiger partial charge in [0.2, 0.25) is 0 Å². The molecule has 1 fully saturated rings. The molecule has 0 atom stereocenters. The first kappa shape index (κ1) is 15.0. The van der Waals surface area contributed by atoms with Gasteiger partial charge in [-0.2, -0.15) is 0 Å². The molecule has 116 valence electrons. The highest BCUT2D eigenvalue weighted by Crippen LogP contribution is 2.45. The van der Waals surface area contributed by atoms with Crippen LogP contribution in [0.2, 0.25) is 0 Å². The monoisotopic (exact) mass is 296 g/mol. The first-order valence-electron chi connectivity index (χ1n) is 8.07. The van der Waals surface area contributed by atoms with Crippen LogP contribution in [0.5, 0.6) is 11.5 Å². The Bertz CT molecular complexity index is 610. The van der Waals surface area contributed by atoms with E-state index in [0.717, 1.165) is 11.5 Å². The standard InChI is InChI=1S/C20H24O2/c1-21-18-11-9-16(10-12-18)20(13-4-3-5-14-20)17-7-6-8-19(15-17)22-2/h6-12,15H,3-5,13-14H2,1-2H3. The number of benzene rings is 2. The second-order valence-corrected chi connectivity index (χ2v) is 6.10. The summed E-state index contributed by atoms with van der Waals surface area (Å²) in [6.07, 6.45) is 6.30. The lowest BCUT2D eigenvalue weighted by Gasteiger charge is -2.38. The van der Waals surface area contributed by atoms with Crippen LogP contribution in [-0.4, -0.2) is 14.2 Å². The van der Waals surface area contributed by atoms with Gasteiger partial charge in [-0.25, -0.2) is 0 Å². The third-order valence-electron chi connectivity index (χ3n) is 4.97. The Hall–Kier alpha value is -1.96. The number of hydrogen-bond acceptors (Lipinski definition) is 2. The number of ether oxygens (including phenoxy) is 2. The van der Waals surface area contributed by atoms with E-state index in [1.54, 1.807) is 14.2 Å². The van der Waals surface area contributed by atoms with E-state index < -0.39 is 0 Å². The van der Waals surface area contributed by atoms with Crippen LogP contribution in [0, 0.1) is 0 Å². The van der Waals surface area contributed by atoms with Crippen molar-refractivity contribution < 1.29 is 9.47 Å². The molecule has 1 aliphatic rings. The SMILES string of the molecule is COc1ccc(C2(c3cccc(OC)c3)CCCCC2)cc1. The van der Waals surface area contributed by atoms with Crippen LogP contribution in [0.4, 0.5) is 0 Å². The van der Waals surface area contributed by atoms with Crippen molar-refractivity contribution in [2.24, 2.45) is 0 Å². The molecule has 2 heteroatoms. The zero-order chi connectivity index (χ0) is 15.4. The highest BCUT2D eigenvalue weighted by Gasteiger charge is 2.35. The molecule has 0 amide bonds. The fourth-order valence-electron chi connectivity index (χ4n) is 3.73. The van der Waals surface area contributed by atoms with Crippen molar-refractivity contribution in [3.63, 3.8) is 0 Å². The van der Waals surface area contributed by atoms with E-state index >= 15 is 0 Å². The van der Waals surface area contributed by atoms with Crippen molar-refractivity contribution in [2.45, 2.75) is 37.5 Å². The van der Waals surface area contributed by atoms with Crippen LogP contribution >= 0.6 is 0 Å². The zero-order valence-corrected chi connectivity index (χ0v) is 13.5. The van der Waals surface area contributed by atoms with Gasteiger partial charge in [-0.1, -0.05) is 43.5 Å². The Labute approximate surface area is 133 Å². The molecule has 0 aromatic heterocycles. The molecule has 1 aliphatic carbocycles. The third-order valence-corrected chi connectivity index (χ3v) is 4.97. The molecule has 0 N–H and O–H groups in total. The molecule has 2 aromatic carbocycles. The van der Waals surface area contributed by atoms with Crippen LogP contribution < -0.4 is 9.47 Å². The Morgan fingerprint density at radius 3 is 2.05 bits per heavy atom. The predicted molar refractivity (Wildman–Crippen MR) is 89.9 cm³/mol. The summed E-state index contributed by atoms with van der Waals surface area (Å²) in [5, 5.41) is 0. The fraction of sp³-hybridized carbons (Fsp3) is 0.400. The maximum Gasteiger partial charge on any atom is 0.119 e. The Morgan fingerprint density at radius 2 is 1.41 bits per heavy atom. The van der Waals surface area contributed by atoms with Gasteiger partial charge in [-0.3, -0.25) is 0 Å². The minimum absolute atomic E-state index is 0.110. The van der Waals surface area contributed by atoms with Crippen molar-refractivity contribution in [1.29, 1.82) is 0 Å². The van der Waals surface area contributed by atoms with E-state index in [2.05, 4.69) is 42.5 Å². The predicted octanol–water partition coefficient (Wildman–Crippen LogP) is 4.95. The highest BCUT2D eigenvalue weighted by molar-refractivity contribution is 5.44. The van der Waals surface area contributed by atoms with Crippen LogP contribution in [0.25, 0.3) is 0 Å². The molecule has 0 heterocycles. The number of rotatable bonds is 4. The van der Waals surface area contributed by atoms with Gasteiger partial charge in [0.05, 0.1) is 14.2 Å². The van der Waals surface area contributed by atoms with Crippen molar-refractivity contribution in [3.05, 3.63) is 59.7 Å². The van der Waals surface area contributed by atoms with Gasteiger partial charge >= 0.3 is 0 Å². The maximum atomic E-state index is 5.44. The van der Waals surface area contributed by atoms with Crippen LogP contribution in [-0.2, 0) is 5.41 Å². The van der Waals surface area contributed by atoms with Gasteiger partial charge in [-0.15, -0.1) is 0 Å². The van der Waals surface area contributed by atoms with Crippen molar-refractivity contribution in [1.82, 2.24) is 0 Å². The molecule has 0 spiro atoms. The van der Waals surface area contributed by atoms with E-state index in [1.807, 2.05) is 6.07 Å². The summed E-state index contributed by atoms with van der Waals surface area (Å²) in [5.41, 5.74) is 2.87.